The Morgan fingerprint density at radius 1 is 1.16 bits per heavy atom. The molecule has 0 aliphatic carbocycles. The van der Waals surface area contributed by atoms with Gasteiger partial charge in [0.2, 0.25) is 5.96 Å². The third-order valence-corrected chi connectivity index (χ3v) is 5.62. The smallest absolute Gasteiger partial charge is 0.212 e. The maximum absolute atomic E-state index is 9.36. The summed E-state index contributed by atoms with van der Waals surface area (Å²) in [6, 6.07) is 16.1. The molecule has 1 N–H and O–H groups in total. The number of guanidine groups is 1. The first-order chi connectivity index (χ1) is 15.0. The van der Waals surface area contributed by atoms with E-state index in [1.807, 2.05) is 61.7 Å². The zero-order valence-electron chi connectivity index (χ0n) is 18.2. The van der Waals surface area contributed by atoms with Crippen molar-refractivity contribution in [2.75, 3.05) is 24.5 Å². The van der Waals surface area contributed by atoms with Crippen LogP contribution in [0.4, 0.5) is 11.5 Å². The number of hydrogen-bond donors (Lipinski definition) is 1. The fourth-order valence-electron chi connectivity index (χ4n) is 3.99. The van der Waals surface area contributed by atoms with E-state index in [4.69, 9.17) is 9.98 Å². The predicted octanol–water partition coefficient (Wildman–Crippen LogP) is 3.84. The molecule has 2 aromatic carbocycles. The number of hydrogen-bond acceptors (Lipinski definition) is 5. The molecule has 0 spiro atoms. The molecule has 1 aromatic heterocycles. The molecule has 0 radical (unpaired) electrons. The van der Waals surface area contributed by atoms with Crippen LogP contribution < -0.4 is 10.2 Å². The van der Waals surface area contributed by atoms with E-state index in [0.29, 0.717) is 11.9 Å². The lowest BCUT2D eigenvalue weighted by Gasteiger charge is -2.44. The van der Waals surface area contributed by atoms with Crippen molar-refractivity contribution in [3.63, 3.8) is 0 Å². The molecule has 1 unspecified atom stereocenters. The van der Waals surface area contributed by atoms with E-state index in [0.717, 1.165) is 47.7 Å². The van der Waals surface area contributed by atoms with Crippen molar-refractivity contribution in [1.82, 2.24) is 20.2 Å². The number of nitriles is 1. The lowest BCUT2D eigenvalue weighted by molar-refractivity contribution is 0.220. The molecule has 0 saturated carbocycles. The molecule has 1 fully saturated rings. The summed E-state index contributed by atoms with van der Waals surface area (Å²) in [6.45, 7) is 8.72. The van der Waals surface area contributed by atoms with E-state index >= 15 is 0 Å². The number of nitrogens with one attached hydrogen (secondary N) is 1. The van der Waals surface area contributed by atoms with Gasteiger partial charge in [-0.05, 0) is 42.7 Å². The highest BCUT2D eigenvalue weighted by Gasteiger charge is 2.32. The van der Waals surface area contributed by atoms with Gasteiger partial charge in [0.15, 0.2) is 6.19 Å². The lowest BCUT2D eigenvalue weighted by atomic mass is 10.00. The average Bonchev–Trinajstić information content (AvgIpc) is 2.78. The number of anilines is 1. The number of nitrogens with zero attached hydrogens (tertiary/aromatic N) is 6. The topological polar surface area (TPSA) is 80.4 Å². The zero-order valence-corrected chi connectivity index (χ0v) is 18.2. The molecule has 1 aliphatic heterocycles. The van der Waals surface area contributed by atoms with Crippen molar-refractivity contribution in [2.24, 2.45) is 10.9 Å². The van der Waals surface area contributed by atoms with Crippen LogP contribution in [0.5, 0.6) is 0 Å². The first-order valence-corrected chi connectivity index (χ1v) is 10.6. The molecule has 0 amide bonds. The van der Waals surface area contributed by atoms with Crippen molar-refractivity contribution < 1.29 is 0 Å². The Kier molecular flexibility index (Phi) is 5.99. The minimum atomic E-state index is 0.173. The van der Waals surface area contributed by atoms with Gasteiger partial charge in [-0.15, -0.1) is 0 Å². The number of rotatable bonds is 3. The van der Waals surface area contributed by atoms with Crippen LogP contribution in [0, 0.1) is 24.3 Å². The van der Waals surface area contributed by atoms with Crippen molar-refractivity contribution in [2.45, 2.75) is 26.8 Å². The van der Waals surface area contributed by atoms with Crippen LogP contribution in [-0.4, -0.2) is 46.5 Å². The summed E-state index contributed by atoms with van der Waals surface area (Å²) in [6.07, 6.45) is 3.92. The Bertz CT molecular complexity index is 1130. The highest BCUT2D eigenvalue weighted by Crippen LogP contribution is 2.24. The van der Waals surface area contributed by atoms with Gasteiger partial charge in [0.05, 0.1) is 29.0 Å². The standard InChI is InChI=1S/C24H27N7/c1-17(2)22-15-30(23-14-26-20-9-4-5-10-21(20)29-23)11-12-31(22)24(27-16-25)28-19-8-6-7-18(3)13-19/h4-10,13-14,17,22H,11-12,15H2,1-3H3,(H,27,28). The summed E-state index contributed by atoms with van der Waals surface area (Å²) in [4.78, 5) is 18.7. The van der Waals surface area contributed by atoms with Gasteiger partial charge in [-0.2, -0.15) is 5.26 Å². The summed E-state index contributed by atoms with van der Waals surface area (Å²) in [5.74, 6) is 1.84. The van der Waals surface area contributed by atoms with Crippen LogP contribution in [0.3, 0.4) is 0 Å². The molecule has 0 bridgehead atoms. The Labute approximate surface area is 183 Å². The number of aliphatic imine (C=N–C) groups is 1. The van der Waals surface area contributed by atoms with Gasteiger partial charge >= 0.3 is 0 Å². The molecule has 4 rings (SSSR count). The summed E-state index contributed by atoms with van der Waals surface area (Å²) >= 11 is 0. The Balaban J connectivity index is 1.61. The second-order valence-electron chi connectivity index (χ2n) is 8.18. The van der Waals surface area contributed by atoms with E-state index in [2.05, 4.69) is 40.1 Å². The van der Waals surface area contributed by atoms with Gasteiger partial charge in [0, 0.05) is 19.6 Å². The third kappa shape index (κ3) is 4.58. The van der Waals surface area contributed by atoms with Gasteiger partial charge in [-0.1, -0.05) is 38.1 Å². The molecule has 31 heavy (non-hydrogen) atoms. The lowest BCUT2D eigenvalue weighted by Crippen LogP contribution is -2.59. The van der Waals surface area contributed by atoms with Gasteiger partial charge in [0.25, 0.3) is 0 Å². The Hall–Kier alpha value is -3.66. The molecular formula is C24H27N7. The minimum absolute atomic E-state index is 0.173. The van der Waals surface area contributed by atoms with E-state index in [-0.39, 0.29) is 6.04 Å². The third-order valence-electron chi connectivity index (χ3n) is 5.62. The molecular weight excluding hydrogens is 386 g/mol. The number of aromatic nitrogens is 2. The molecule has 3 aromatic rings. The van der Waals surface area contributed by atoms with Crippen LogP contribution in [0.25, 0.3) is 11.0 Å². The molecule has 7 heteroatoms. The fraction of sp³-hybridized carbons (Fsp3) is 0.333. The first-order valence-electron chi connectivity index (χ1n) is 10.6. The normalized spacial score (nSPS) is 17.1. The summed E-state index contributed by atoms with van der Waals surface area (Å²) in [5, 5.41) is 12.2. The van der Waals surface area contributed by atoms with Crippen LogP contribution >= 0.6 is 0 Å². The van der Waals surface area contributed by atoms with Gasteiger partial charge < -0.3 is 9.80 Å². The molecule has 7 nitrogen and oxygen atoms in total. The number of benzene rings is 2. The maximum Gasteiger partial charge on any atom is 0.212 e. The highest BCUT2D eigenvalue weighted by atomic mass is 15.4. The molecule has 1 saturated heterocycles. The average molecular weight is 414 g/mol. The number of piperazine rings is 1. The quantitative estimate of drug-likeness (QED) is 0.304. The van der Waals surface area contributed by atoms with E-state index < -0.39 is 0 Å². The zero-order chi connectivity index (χ0) is 21.8. The van der Waals surface area contributed by atoms with Crippen molar-refractivity contribution in [1.29, 1.82) is 5.26 Å². The second-order valence-corrected chi connectivity index (χ2v) is 8.18. The highest BCUT2D eigenvalue weighted by molar-refractivity contribution is 5.84. The monoisotopic (exact) mass is 413 g/mol. The van der Waals surface area contributed by atoms with E-state index in [9.17, 15) is 5.26 Å². The van der Waals surface area contributed by atoms with Crippen LogP contribution in [0.2, 0.25) is 0 Å². The van der Waals surface area contributed by atoms with Gasteiger partial charge in [-0.25, -0.2) is 9.98 Å². The largest absolute Gasteiger partial charge is 0.351 e. The number of aryl methyl sites for hydroxylation is 1. The van der Waals surface area contributed by atoms with Crippen LogP contribution in [0.1, 0.15) is 19.4 Å². The molecule has 2 heterocycles. The van der Waals surface area contributed by atoms with E-state index in [1.165, 1.54) is 0 Å². The number of para-hydroxylation sites is 2. The fourth-order valence-corrected chi connectivity index (χ4v) is 3.99. The van der Waals surface area contributed by atoms with Crippen molar-refractivity contribution in [3.05, 3.63) is 60.3 Å². The van der Waals surface area contributed by atoms with Crippen LogP contribution in [-0.2, 0) is 0 Å². The first kappa shape index (κ1) is 20.6. The second kappa shape index (κ2) is 9.00. The van der Waals surface area contributed by atoms with E-state index in [1.54, 1.807) is 0 Å². The minimum Gasteiger partial charge on any atom is -0.351 e. The molecule has 158 valence electrons. The van der Waals surface area contributed by atoms with Crippen LogP contribution in [0.15, 0.2) is 59.7 Å². The summed E-state index contributed by atoms with van der Waals surface area (Å²) < 4.78 is 0. The SMILES string of the molecule is Cc1cccc(N=C(NC#N)N2CCN(c3cnc4ccccc4n3)CC2C(C)C)c1. The van der Waals surface area contributed by atoms with Crippen molar-refractivity contribution >= 4 is 28.5 Å². The number of fused-ring (bicyclic) bond motifs is 1. The Morgan fingerprint density at radius 2 is 1.97 bits per heavy atom. The van der Waals surface area contributed by atoms with Gasteiger partial charge in [0.1, 0.15) is 5.82 Å². The summed E-state index contributed by atoms with van der Waals surface area (Å²) in [7, 11) is 0. The Morgan fingerprint density at radius 3 is 2.71 bits per heavy atom. The van der Waals surface area contributed by atoms with Crippen molar-refractivity contribution in [3.8, 4) is 6.19 Å². The summed E-state index contributed by atoms with van der Waals surface area (Å²) in [5.41, 5.74) is 3.77. The molecule has 1 aliphatic rings. The van der Waals surface area contributed by atoms with Gasteiger partial charge in [-0.3, -0.25) is 10.3 Å². The predicted molar refractivity (Wildman–Crippen MR) is 124 cm³/mol. The maximum atomic E-state index is 9.36. The molecule has 1 atom stereocenters.